The summed E-state index contributed by atoms with van der Waals surface area (Å²) in [4.78, 5) is 2.13. The summed E-state index contributed by atoms with van der Waals surface area (Å²) in [5.41, 5.74) is 3.73. The van der Waals surface area contributed by atoms with E-state index in [-0.39, 0.29) is 6.61 Å². The molecule has 0 radical (unpaired) electrons. The lowest BCUT2D eigenvalue weighted by Gasteiger charge is -2.25. The highest BCUT2D eigenvalue weighted by Gasteiger charge is 2.07. The van der Waals surface area contributed by atoms with E-state index < -0.39 is 0 Å². The van der Waals surface area contributed by atoms with Crippen molar-refractivity contribution in [3.63, 3.8) is 0 Å². The second-order valence-electron chi connectivity index (χ2n) is 3.68. The fourth-order valence-electron chi connectivity index (χ4n) is 1.66. The van der Waals surface area contributed by atoms with Gasteiger partial charge in [0, 0.05) is 18.8 Å². The standard InChI is InChI=1S/C13H19NO/c1-4-8-14(9-10-15)13-7-5-6-11(2)12(13)3/h4-7,15H,1,8-10H2,2-3H3. The van der Waals surface area contributed by atoms with Crippen LogP contribution in [0.2, 0.25) is 0 Å². The first-order chi connectivity index (χ1) is 7.20. The van der Waals surface area contributed by atoms with Crippen LogP contribution >= 0.6 is 0 Å². The van der Waals surface area contributed by atoms with Gasteiger partial charge in [-0.3, -0.25) is 0 Å². The minimum Gasteiger partial charge on any atom is -0.395 e. The number of nitrogens with zero attached hydrogens (tertiary/aromatic N) is 1. The van der Waals surface area contributed by atoms with Crippen molar-refractivity contribution in [3.8, 4) is 0 Å². The Kier molecular flexibility index (Phi) is 4.37. The highest BCUT2D eigenvalue weighted by molar-refractivity contribution is 5.56. The Balaban J connectivity index is 2.99. The summed E-state index contributed by atoms with van der Waals surface area (Å²) >= 11 is 0. The zero-order valence-electron chi connectivity index (χ0n) is 9.53. The average Bonchev–Trinajstić information content (AvgIpc) is 2.22. The van der Waals surface area contributed by atoms with Crippen LogP contribution in [0.1, 0.15) is 11.1 Å². The van der Waals surface area contributed by atoms with Gasteiger partial charge in [-0.25, -0.2) is 0 Å². The molecule has 0 fully saturated rings. The molecule has 0 aliphatic rings. The Labute approximate surface area is 91.9 Å². The normalized spacial score (nSPS) is 10.1. The van der Waals surface area contributed by atoms with Gasteiger partial charge in [-0.15, -0.1) is 6.58 Å². The Bertz CT molecular complexity index is 333. The number of rotatable bonds is 5. The number of hydrogen-bond donors (Lipinski definition) is 1. The number of aliphatic hydroxyl groups is 1. The monoisotopic (exact) mass is 205 g/mol. The van der Waals surface area contributed by atoms with E-state index in [1.165, 1.54) is 16.8 Å². The second-order valence-corrected chi connectivity index (χ2v) is 3.68. The number of benzene rings is 1. The fourth-order valence-corrected chi connectivity index (χ4v) is 1.66. The largest absolute Gasteiger partial charge is 0.395 e. The zero-order valence-corrected chi connectivity index (χ0v) is 9.53. The van der Waals surface area contributed by atoms with Crippen LogP contribution in [0.25, 0.3) is 0 Å². The minimum atomic E-state index is 0.168. The van der Waals surface area contributed by atoms with Crippen LogP contribution in [0.3, 0.4) is 0 Å². The lowest BCUT2D eigenvalue weighted by molar-refractivity contribution is 0.303. The van der Waals surface area contributed by atoms with Crippen molar-refractivity contribution in [2.75, 3.05) is 24.6 Å². The summed E-state index contributed by atoms with van der Waals surface area (Å²) in [5.74, 6) is 0. The van der Waals surface area contributed by atoms with E-state index in [1.54, 1.807) is 0 Å². The van der Waals surface area contributed by atoms with Gasteiger partial charge in [0.05, 0.1) is 6.61 Å². The highest BCUT2D eigenvalue weighted by atomic mass is 16.3. The third-order valence-electron chi connectivity index (χ3n) is 2.64. The van der Waals surface area contributed by atoms with E-state index >= 15 is 0 Å². The van der Waals surface area contributed by atoms with Crippen molar-refractivity contribution in [1.82, 2.24) is 0 Å². The molecule has 0 unspecified atom stereocenters. The maximum atomic E-state index is 9.01. The maximum Gasteiger partial charge on any atom is 0.0606 e. The Morgan fingerprint density at radius 1 is 1.40 bits per heavy atom. The Morgan fingerprint density at radius 3 is 2.73 bits per heavy atom. The molecule has 0 atom stereocenters. The van der Waals surface area contributed by atoms with Gasteiger partial charge in [-0.1, -0.05) is 18.2 Å². The summed E-state index contributed by atoms with van der Waals surface area (Å²) in [6, 6.07) is 6.23. The van der Waals surface area contributed by atoms with Gasteiger partial charge in [0.1, 0.15) is 0 Å². The van der Waals surface area contributed by atoms with Crippen LogP contribution in [0.4, 0.5) is 5.69 Å². The molecule has 1 aromatic carbocycles. The third-order valence-corrected chi connectivity index (χ3v) is 2.64. The molecule has 0 aliphatic heterocycles. The summed E-state index contributed by atoms with van der Waals surface area (Å²) < 4.78 is 0. The van der Waals surface area contributed by atoms with Gasteiger partial charge < -0.3 is 10.0 Å². The number of hydrogen-bond acceptors (Lipinski definition) is 2. The van der Waals surface area contributed by atoms with Crippen LogP contribution in [-0.2, 0) is 0 Å². The fraction of sp³-hybridized carbons (Fsp3) is 0.385. The van der Waals surface area contributed by atoms with Crippen LogP contribution in [-0.4, -0.2) is 24.8 Å². The lowest BCUT2D eigenvalue weighted by atomic mass is 10.1. The van der Waals surface area contributed by atoms with Gasteiger partial charge in [0.2, 0.25) is 0 Å². The van der Waals surface area contributed by atoms with Gasteiger partial charge >= 0.3 is 0 Å². The van der Waals surface area contributed by atoms with Gasteiger partial charge in [-0.05, 0) is 31.0 Å². The highest BCUT2D eigenvalue weighted by Crippen LogP contribution is 2.22. The van der Waals surface area contributed by atoms with Crippen molar-refractivity contribution in [3.05, 3.63) is 42.0 Å². The van der Waals surface area contributed by atoms with E-state index in [9.17, 15) is 0 Å². The summed E-state index contributed by atoms with van der Waals surface area (Å²) in [7, 11) is 0. The molecular formula is C13H19NO. The van der Waals surface area contributed by atoms with E-state index in [0.29, 0.717) is 6.54 Å². The van der Waals surface area contributed by atoms with Crippen LogP contribution in [0.15, 0.2) is 30.9 Å². The first-order valence-electron chi connectivity index (χ1n) is 5.23. The van der Waals surface area contributed by atoms with Crippen LogP contribution in [0.5, 0.6) is 0 Å². The SMILES string of the molecule is C=CCN(CCO)c1cccc(C)c1C. The topological polar surface area (TPSA) is 23.5 Å². The molecule has 1 aromatic rings. The van der Waals surface area contributed by atoms with E-state index in [0.717, 1.165) is 6.54 Å². The third kappa shape index (κ3) is 2.83. The quantitative estimate of drug-likeness (QED) is 0.745. The Morgan fingerprint density at radius 2 is 2.13 bits per heavy atom. The first kappa shape index (κ1) is 11.8. The predicted molar refractivity (Wildman–Crippen MR) is 65.4 cm³/mol. The van der Waals surface area contributed by atoms with E-state index in [2.05, 4.69) is 37.5 Å². The summed E-state index contributed by atoms with van der Waals surface area (Å²) in [5, 5.41) is 9.01. The Hall–Kier alpha value is -1.28. The molecule has 0 bridgehead atoms. The summed E-state index contributed by atoms with van der Waals surface area (Å²) in [6.07, 6.45) is 1.86. The molecule has 0 heterocycles. The molecule has 82 valence electrons. The van der Waals surface area contributed by atoms with Crippen molar-refractivity contribution in [2.24, 2.45) is 0 Å². The van der Waals surface area contributed by atoms with Gasteiger partial charge in [0.15, 0.2) is 0 Å². The smallest absolute Gasteiger partial charge is 0.0606 e. The predicted octanol–water partition coefficient (Wildman–Crippen LogP) is 2.29. The first-order valence-corrected chi connectivity index (χ1v) is 5.23. The van der Waals surface area contributed by atoms with Gasteiger partial charge in [0.25, 0.3) is 0 Å². The molecule has 0 saturated heterocycles. The molecule has 1 rings (SSSR count). The summed E-state index contributed by atoms with van der Waals surface area (Å²) in [6.45, 7) is 9.53. The van der Waals surface area contributed by atoms with Crippen molar-refractivity contribution < 1.29 is 5.11 Å². The second kappa shape index (κ2) is 5.56. The molecule has 0 aromatic heterocycles. The maximum absolute atomic E-state index is 9.01. The molecule has 2 nitrogen and oxygen atoms in total. The van der Waals surface area contributed by atoms with Crippen molar-refractivity contribution >= 4 is 5.69 Å². The number of anilines is 1. The molecule has 0 aliphatic carbocycles. The molecule has 0 amide bonds. The lowest BCUT2D eigenvalue weighted by Crippen LogP contribution is -2.27. The van der Waals surface area contributed by atoms with E-state index in [4.69, 9.17) is 5.11 Å². The average molecular weight is 205 g/mol. The van der Waals surface area contributed by atoms with Crippen LogP contribution < -0.4 is 4.90 Å². The van der Waals surface area contributed by atoms with Crippen molar-refractivity contribution in [1.29, 1.82) is 0 Å². The minimum absolute atomic E-state index is 0.168. The molecule has 0 saturated carbocycles. The molecule has 15 heavy (non-hydrogen) atoms. The number of aryl methyl sites for hydroxylation is 1. The van der Waals surface area contributed by atoms with Crippen molar-refractivity contribution in [2.45, 2.75) is 13.8 Å². The van der Waals surface area contributed by atoms with Gasteiger partial charge in [-0.2, -0.15) is 0 Å². The molecule has 2 heteroatoms. The molecule has 1 N–H and O–H groups in total. The zero-order chi connectivity index (χ0) is 11.3. The molecule has 0 spiro atoms. The number of aliphatic hydroxyl groups excluding tert-OH is 1. The molecular weight excluding hydrogens is 186 g/mol. The van der Waals surface area contributed by atoms with E-state index in [1.807, 2.05) is 12.1 Å². The van der Waals surface area contributed by atoms with Crippen LogP contribution in [0, 0.1) is 13.8 Å².